The summed E-state index contributed by atoms with van der Waals surface area (Å²) in [5.74, 6) is 0. The summed E-state index contributed by atoms with van der Waals surface area (Å²) < 4.78 is 0. The number of hydrogen-bond acceptors (Lipinski definition) is 2. The van der Waals surface area contributed by atoms with Crippen molar-refractivity contribution in [3.05, 3.63) is 21.9 Å². The summed E-state index contributed by atoms with van der Waals surface area (Å²) in [6, 6.07) is 4.80. The van der Waals surface area contributed by atoms with Crippen LogP contribution in [-0.2, 0) is 0 Å². The maximum Gasteiger partial charge on any atom is 0.390 e. The zero-order valence-electron chi connectivity index (χ0n) is 8.47. The lowest BCUT2D eigenvalue weighted by molar-refractivity contribution is 1.65. The van der Waals surface area contributed by atoms with Gasteiger partial charge < -0.3 is 0 Å². The fraction of sp³-hybridized carbons (Fsp3) is 0.273. The maximum atomic E-state index is 2.42. The zero-order valence-corrected chi connectivity index (χ0v) is 11.1. The van der Waals surface area contributed by atoms with Gasteiger partial charge >= 0.3 is 8.80 Å². The predicted octanol–water partition coefficient (Wildman–Crippen LogP) is 2.65. The highest BCUT2D eigenvalue weighted by Gasteiger charge is 2.43. The molecule has 0 unspecified atom stereocenters. The number of hydrogen-bond donors (Lipinski definition) is 0. The molecular formula is C11H11S2Si+. The Morgan fingerprint density at radius 1 is 0.929 bits per heavy atom. The van der Waals surface area contributed by atoms with Crippen LogP contribution in [0.3, 0.4) is 0 Å². The smallest absolute Gasteiger partial charge is 0.136 e. The molecule has 2 aromatic rings. The molecule has 0 saturated carbocycles. The van der Waals surface area contributed by atoms with Gasteiger partial charge in [0.15, 0.2) is 0 Å². The van der Waals surface area contributed by atoms with Crippen LogP contribution in [0.15, 0.2) is 12.1 Å². The summed E-state index contributed by atoms with van der Waals surface area (Å²) in [5, 5.41) is 3.30. The average Bonchev–Trinajstić information content (AvgIpc) is 2.71. The molecule has 2 aromatic heterocycles. The van der Waals surface area contributed by atoms with Crippen LogP contribution in [0.2, 0.25) is 6.55 Å². The van der Waals surface area contributed by atoms with Gasteiger partial charge in [-0.15, -0.1) is 22.7 Å². The SMILES string of the molecule is Cc1cc2c(s1)-c1sc(C)cc1[Si+]2C. The maximum absolute atomic E-state index is 2.42. The first-order valence-corrected chi connectivity index (χ1v) is 8.35. The summed E-state index contributed by atoms with van der Waals surface area (Å²) >= 11 is 3.94. The first-order valence-electron chi connectivity index (χ1n) is 4.72. The third kappa shape index (κ3) is 1.03. The van der Waals surface area contributed by atoms with Gasteiger partial charge in [-0.2, -0.15) is 0 Å². The van der Waals surface area contributed by atoms with E-state index in [1.54, 1.807) is 20.1 Å². The molecule has 3 heterocycles. The van der Waals surface area contributed by atoms with E-state index in [0.29, 0.717) is 0 Å². The zero-order chi connectivity index (χ0) is 9.87. The van der Waals surface area contributed by atoms with Crippen molar-refractivity contribution in [1.82, 2.24) is 0 Å². The van der Waals surface area contributed by atoms with Gasteiger partial charge in [0.05, 0.1) is 16.3 Å². The van der Waals surface area contributed by atoms with Crippen molar-refractivity contribution in [1.29, 1.82) is 0 Å². The van der Waals surface area contributed by atoms with Gasteiger partial charge in [0, 0.05) is 9.75 Å². The molecule has 0 saturated heterocycles. The van der Waals surface area contributed by atoms with E-state index in [2.05, 4.69) is 32.5 Å². The molecule has 1 aliphatic rings. The second-order valence-electron chi connectivity index (χ2n) is 3.82. The van der Waals surface area contributed by atoms with Crippen LogP contribution < -0.4 is 10.4 Å². The fourth-order valence-electron chi connectivity index (χ4n) is 2.07. The molecule has 0 fully saturated rings. The van der Waals surface area contributed by atoms with Crippen LogP contribution in [0.1, 0.15) is 9.75 Å². The topological polar surface area (TPSA) is 0 Å². The van der Waals surface area contributed by atoms with Crippen molar-refractivity contribution in [3.8, 4) is 9.75 Å². The van der Waals surface area contributed by atoms with Crippen molar-refractivity contribution in [2.24, 2.45) is 0 Å². The molecule has 0 spiro atoms. The molecule has 0 N–H and O–H groups in total. The molecule has 0 atom stereocenters. The first-order chi connectivity index (χ1) is 6.66. The second-order valence-corrected chi connectivity index (χ2v) is 8.66. The van der Waals surface area contributed by atoms with Crippen molar-refractivity contribution in [2.75, 3.05) is 0 Å². The van der Waals surface area contributed by atoms with Gasteiger partial charge in [-0.3, -0.25) is 0 Å². The third-order valence-corrected chi connectivity index (χ3v) is 7.76. The van der Waals surface area contributed by atoms with Crippen LogP contribution in [0.4, 0.5) is 0 Å². The molecular weight excluding hydrogens is 224 g/mol. The highest BCUT2D eigenvalue weighted by atomic mass is 32.1. The van der Waals surface area contributed by atoms with Gasteiger partial charge in [0.25, 0.3) is 0 Å². The van der Waals surface area contributed by atoms with Crippen molar-refractivity contribution >= 4 is 41.8 Å². The lowest BCUT2D eigenvalue weighted by atomic mass is 10.3. The second kappa shape index (κ2) is 2.81. The average molecular weight is 235 g/mol. The van der Waals surface area contributed by atoms with E-state index in [1.807, 2.05) is 22.7 Å². The number of aryl methyl sites for hydroxylation is 2. The lowest BCUT2D eigenvalue weighted by Crippen LogP contribution is -2.33. The third-order valence-electron chi connectivity index (χ3n) is 2.72. The fourth-order valence-corrected chi connectivity index (χ4v) is 7.76. The largest absolute Gasteiger partial charge is 0.390 e. The van der Waals surface area contributed by atoms with Crippen molar-refractivity contribution < 1.29 is 0 Å². The molecule has 70 valence electrons. The van der Waals surface area contributed by atoms with Gasteiger partial charge in [-0.1, -0.05) is 0 Å². The van der Waals surface area contributed by atoms with Crippen molar-refractivity contribution in [2.45, 2.75) is 20.4 Å². The van der Waals surface area contributed by atoms with Gasteiger partial charge in [-0.05, 0) is 26.0 Å². The van der Waals surface area contributed by atoms with Crippen LogP contribution in [0.25, 0.3) is 9.75 Å². The standard InChI is InChI=1S/C11H11S2Si/c1-6-4-8-10(12-6)11-9(14(8)3)5-7(2)13-11/h4-5H,1-3H3/q+1. The van der Waals surface area contributed by atoms with E-state index in [9.17, 15) is 0 Å². The minimum atomic E-state index is -0.408. The van der Waals surface area contributed by atoms with E-state index >= 15 is 0 Å². The molecule has 0 bridgehead atoms. The molecule has 3 heteroatoms. The molecule has 0 radical (unpaired) electrons. The monoisotopic (exact) mass is 235 g/mol. The van der Waals surface area contributed by atoms with Crippen LogP contribution in [-0.4, -0.2) is 8.80 Å². The highest BCUT2D eigenvalue weighted by Crippen LogP contribution is 2.35. The number of fused-ring (bicyclic) bond motifs is 3. The van der Waals surface area contributed by atoms with E-state index < -0.39 is 8.80 Å². The molecule has 0 aromatic carbocycles. The Labute approximate surface area is 93.8 Å². The molecule has 0 aliphatic carbocycles. The van der Waals surface area contributed by atoms with Gasteiger partial charge in [0.1, 0.15) is 10.4 Å². The van der Waals surface area contributed by atoms with E-state index in [0.717, 1.165) is 0 Å². The summed E-state index contributed by atoms with van der Waals surface area (Å²) in [7, 11) is -0.408. The van der Waals surface area contributed by atoms with Gasteiger partial charge in [0.2, 0.25) is 0 Å². The Kier molecular flexibility index (Phi) is 1.78. The Morgan fingerprint density at radius 2 is 1.36 bits per heavy atom. The molecule has 3 rings (SSSR count). The summed E-state index contributed by atoms with van der Waals surface area (Å²) in [4.78, 5) is 6.09. The van der Waals surface area contributed by atoms with Crippen LogP contribution in [0.5, 0.6) is 0 Å². The highest BCUT2D eigenvalue weighted by molar-refractivity contribution is 7.26. The molecule has 0 amide bonds. The first kappa shape index (κ1) is 8.89. The summed E-state index contributed by atoms with van der Waals surface area (Å²) in [5.41, 5.74) is 0. The van der Waals surface area contributed by atoms with Crippen molar-refractivity contribution in [3.63, 3.8) is 0 Å². The summed E-state index contributed by atoms with van der Waals surface area (Å²) in [6.45, 7) is 6.87. The normalized spacial score (nSPS) is 13.2. The van der Waals surface area contributed by atoms with Crippen LogP contribution >= 0.6 is 22.7 Å². The van der Waals surface area contributed by atoms with E-state index in [1.165, 1.54) is 9.75 Å². The molecule has 0 nitrogen and oxygen atoms in total. The molecule has 14 heavy (non-hydrogen) atoms. The number of thiophene rings is 2. The molecule has 1 aliphatic heterocycles. The van der Waals surface area contributed by atoms with E-state index in [4.69, 9.17) is 0 Å². The Bertz CT molecular complexity index is 461. The Hall–Kier alpha value is -0.383. The Balaban J connectivity index is 2.32. The summed E-state index contributed by atoms with van der Waals surface area (Å²) in [6.07, 6.45) is 0. The predicted molar refractivity (Wildman–Crippen MR) is 68.0 cm³/mol. The minimum absolute atomic E-state index is 0.408. The minimum Gasteiger partial charge on any atom is -0.136 e. The quantitative estimate of drug-likeness (QED) is 0.616. The van der Waals surface area contributed by atoms with Gasteiger partial charge in [-0.25, -0.2) is 0 Å². The lowest BCUT2D eigenvalue weighted by Gasteiger charge is -1.83. The van der Waals surface area contributed by atoms with E-state index in [-0.39, 0.29) is 0 Å². The Morgan fingerprint density at radius 3 is 1.79 bits per heavy atom. The number of rotatable bonds is 0. The van der Waals surface area contributed by atoms with Crippen LogP contribution in [0, 0.1) is 13.8 Å².